The molecule has 3 amide bonds. The van der Waals surface area contributed by atoms with E-state index in [1.165, 1.54) is 5.56 Å². The van der Waals surface area contributed by atoms with Gasteiger partial charge >= 0.3 is 6.03 Å². The van der Waals surface area contributed by atoms with Crippen molar-refractivity contribution >= 4 is 23.7 Å². The number of urea groups is 1. The average Bonchev–Trinajstić information content (AvgIpc) is 2.42. The minimum absolute atomic E-state index is 0.210. The van der Waals surface area contributed by atoms with Crippen molar-refractivity contribution in [2.45, 2.75) is 25.9 Å². The Morgan fingerprint density at radius 2 is 1.95 bits per heavy atom. The third-order valence-corrected chi connectivity index (χ3v) is 3.47. The van der Waals surface area contributed by atoms with Gasteiger partial charge in [-0.1, -0.05) is 29.8 Å². The lowest BCUT2D eigenvalue weighted by molar-refractivity contribution is -0.123. The fourth-order valence-corrected chi connectivity index (χ4v) is 2.17. The van der Waals surface area contributed by atoms with Crippen LogP contribution in [-0.4, -0.2) is 30.0 Å². The topological polar surface area (TPSA) is 84.2 Å². The van der Waals surface area contributed by atoms with Crippen molar-refractivity contribution in [1.29, 1.82) is 0 Å². The Balaban J connectivity index is 2.51. The molecule has 0 aliphatic heterocycles. The van der Waals surface area contributed by atoms with Crippen LogP contribution in [0.25, 0.3) is 0 Å². The van der Waals surface area contributed by atoms with Gasteiger partial charge in [-0.15, -0.1) is 0 Å². The van der Waals surface area contributed by atoms with Gasteiger partial charge in [-0.25, -0.2) is 4.79 Å². The molecule has 1 aromatic carbocycles. The second kappa shape index (κ2) is 8.47. The predicted octanol–water partition coefficient (Wildman–Crippen LogP) is 1.40. The van der Waals surface area contributed by atoms with E-state index in [2.05, 4.69) is 10.6 Å². The summed E-state index contributed by atoms with van der Waals surface area (Å²) in [5, 5.41) is 5.29. The summed E-state index contributed by atoms with van der Waals surface area (Å²) >= 11 is 1.62. The summed E-state index contributed by atoms with van der Waals surface area (Å²) in [7, 11) is 0. The van der Waals surface area contributed by atoms with Crippen LogP contribution in [0.3, 0.4) is 0 Å². The molecule has 0 spiro atoms. The van der Waals surface area contributed by atoms with Crippen molar-refractivity contribution in [3.05, 3.63) is 35.4 Å². The fourth-order valence-electron chi connectivity index (χ4n) is 1.69. The molecular formula is C14H21N3O2S. The van der Waals surface area contributed by atoms with E-state index >= 15 is 0 Å². The predicted molar refractivity (Wildman–Crippen MR) is 82.5 cm³/mol. The number of hydrogen-bond donors (Lipinski definition) is 3. The van der Waals surface area contributed by atoms with Gasteiger partial charge in [-0.2, -0.15) is 11.8 Å². The number of hydrogen-bond acceptors (Lipinski definition) is 3. The van der Waals surface area contributed by atoms with Crippen LogP contribution in [0.4, 0.5) is 4.79 Å². The number of aryl methyl sites for hydroxylation is 1. The molecule has 0 radical (unpaired) electrons. The first kappa shape index (κ1) is 16.4. The second-order valence-corrected chi connectivity index (χ2v) is 5.53. The highest BCUT2D eigenvalue weighted by atomic mass is 32.2. The zero-order valence-corrected chi connectivity index (χ0v) is 12.6. The molecule has 1 unspecified atom stereocenters. The molecule has 1 rings (SSSR count). The van der Waals surface area contributed by atoms with Gasteiger partial charge in [0.05, 0.1) is 0 Å². The number of nitrogens with two attached hydrogens (primary N) is 1. The molecule has 5 nitrogen and oxygen atoms in total. The first-order valence-electron chi connectivity index (χ1n) is 6.41. The Kier molecular flexibility index (Phi) is 6.93. The van der Waals surface area contributed by atoms with Crippen LogP contribution in [0.2, 0.25) is 0 Å². The zero-order chi connectivity index (χ0) is 15.0. The van der Waals surface area contributed by atoms with Gasteiger partial charge in [0, 0.05) is 6.54 Å². The number of benzene rings is 1. The third-order valence-electron chi connectivity index (χ3n) is 2.83. The summed E-state index contributed by atoms with van der Waals surface area (Å²) in [6, 6.07) is 6.66. The Morgan fingerprint density at radius 1 is 1.30 bits per heavy atom. The summed E-state index contributed by atoms with van der Waals surface area (Å²) in [4.78, 5) is 22.9. The van der Waals surface area contributed by atoms with Gasteiger partial charge < -0.3 is 16.4 Å². The molecule has 0 aromatic heterocycles. The van der Waals surface area contributed by atoms with Crippen LogP contribution >= 0.6 is 11.8 Å². The molecule has 1 atom stereocenters. The molecule has 0 heterocycles. The van der Waals surface area contributed by atoms with Crippen molar-refractivity contribution in [2.24, 2.45) is 5.73 Å². The number of nitrogens with one attached hydrogen (secondary N) is 2. The highest BCUT2D eigenvalue weighted by molar-refractivity contribution is 7.98. The van der Waals surface area contributed by atoms with Gasteiger partial charge in [0.25, 0.3) is 0 Å². The van der Waals surface area contributed by atoms with Gasteiger partial charge in [0.2, 0.25) is 5.91 Å². The van der Waals surface area contributed by atoms with Crippen LogP contribution < -0.4 is 16.4 Å². The molecule has 0 aliphatic carbocycles. The largest absolute Gasteiger partial charge is 0.352 e. The lowest BCUT2D eigenvalue weighted by atomic mass is 10.1. The fraction of sp³-hybridized carbons (Fsp3) is 0.429. The quantitative estimate of drug-likeness (QED) is 0.711. The molecule has 4 N–H and O–H groups in total. The lowest BCUT2D eigenvalue weighted by Crippen LogP contribution is -2.48. The number of rotatable bonds is 7. The third kappa shape index (κ3) is 5.97. The van der Waals surface area contributed by atoms with Crippen molar-refractivity contribution in [3.63, 3.8) is 0 Å². The maximum atomic E-state index is 12.0. The molecule has 0 fully saturated rings. The van der Waals surface area contributed by atoms with E-state index in [0.29, 0.717) is 13.0 Å². The Labute approximate surface area is 123 Å². The molecule has 1 aromatic rings. The van der Waals surface area contributed by atoms with Crippen molar-refractivity contribution in [3.8, 4) is 0 Å². The van der Waals surface area contributed by atoms with E-state index in [1.54, 1.807) is 11.8 Å². The summed E-state index contributed by atoms with van der Waals surface area (Å²) < 4.78 is 0. The molecule has 0 saturated carbocycles. The Hall–Kier alpha value is -1.69. The molecular weight excluding hydrogens is 274 g/mol. The number of primary amides is 1. The molecule has 6 heteroatoms. The Morgan fingerprint density at radius 3 is 2.50 bits per heavy atom. The highest BCUT2D eigenvalue weighted by Gasteiger charge is 2.18. The minimum Gasteiger partial charge on any atom is -0.352 e. The number of carbonyl (C=O) groups excluding carboxylic acids is 2. The lowest BCUT2D eigenvalue weighted by Gasteiger charge is -2.16. The maximum Gasteiger partial charge on any atom is 0.312 e. The normalized spacial score (nSPS) is 11.7. The molecule has 110 valence electrons. The van der Waals surface area contributed by atoms with Gasteiger partial charge in [0.1, 0.15) is 6.04 Å². The maximum absolute atomic E-state index is 12.0. The van der Waals surface area contributed by atoms with E-state index in [1.807, 2.05) is 37.4 Å². The van der Waals surface area contributed by atoms with Crippen LogP contribution in [-0.2, 0) is 11.3 Å². The molecule has 20 heavy (non-hydrogen) atoms. The summed E-state index contributed by atoms with van der Waals surface area (Å²) in [5.41, 5.74) is 7.28. The van der Waals surface area contributed by atoms with E-state index in [-0.39, 0.29) is 5.91 Å². The SMILES string of the molecule is CSCCC(NC(N)=O)C(=O)NCc1ccc(C)cc1. The standard InChI is InChI=1S/C14H21N3O2S/c1-10-3-5-11(6-4-10)9-16-13(18)12(7-8-20-2)17-14(15)19/h3-6,12H,7-9H2,1-2H3,(H,16,18)(H3,15,17,19). The summed E-state index contributed by atoms with van der Waals surface area (Å²) in [6.45, 7) is 2.45. The second-order valence-electron chi connectivity index (χ2n) is 4.55. The van der Waals surface area contributed by atoms with Crippen LogP contribution in [0.1, 0.15) is 17.5 Å². The van der Waals surface area contributed by atoms with E-state index < -0.39 is 12.1 Å². The smallest absolute Gasteiger partial charge is 0.312 e. The highest BCUT2D eigenvalue weighted by Crippen LogP contribution is 2.04. The average molecular weight is 295 g/mol. The first-order chi connectivity index (χ1) is 9.52. The van der Waals surface area contributed by atoms with Crippen LogP contribution in [0, 0.1) is 6.92 Å². The first-order valence-corrected chi connectivity index (χ1v) is 7.80. The molecule has 0 aliphatic rings. The van der Waals surface area contributed by atoms with Crippen molar-refractivity contribution in [2.75, 3.05) is 12.0 Å². The minimum atomic E-state index is -0.679. The van der Waals surface area contributed by atoms with Crippen molar-refractivity contribution < 1.29 is 9.59 Å². The summed E-state index contributed by atoms with van der Waals surface area (Å²) in [6.07, 6.45) is 2.51. The summed E-state index contributed by atoms with van der Waals surface area (Å²) in [5.74, 6) is 0.571. The zero-order valence-electron chi connectivity index (χ0n) is 11.8. The monoisotopic (exact) mass is 295 g/mol. The van der Waals surface area contributed by atoms with Crippen LogP contribution in [0.5, 0.6) is 0 Å². The van der Waals surface area contributed by atoms with Gasteiger partial charge in [-0.3, -0.25) is 4.79 Å². The van der Waals surface area contributed by atoms with Crippen LogP contribution in [0.15, 0.2) is 24.3 Å². The van der Waals surface area contributed by atoms with E-state index in [9.17, 15) is 9.59 Å². The number of carbonyl (C=O) groups is 2. The molecule has 0 saturated heterocycles. The molecule has 0 bridgehead atoms. The number of thioether (sulfide) groups is 1. The van der Waals surface area contributed by atoms with Gasteiger partial charge in [0.15, 0.2) is 0 Å². The van der Waals surface area contributed by atoms with E-state index in [0.717, 1.165) is 11.3 Å². The number of amides is 3. The Bertz CT molecular complexity index is 448. The van der Waals surface area contributed by atoms with Gasteiger partial charge in [-0.05, 0) is 30.9 Å². The van der Waals surface area contributed by atoms with E-state index in [4.69, 9.17) is 5.73 Å². The van der Waals surface area contributed by atoms with Crippen molar-refractivity contribution in [1.82, 2.24) is 10.6 Å².